The highest BCUT2D eigenvalue weighted by atomic mass is 32.2. The molecule has 0 saturated heterocycles. The van der Waals surface area contributed by atoms with Gasteiger partial charge in [0, 0.05) is 12.6 Å². The number of carbonyl (C=O) groups is 2. The molecule has 0 saturated carbocycles. The van der Waals surface area contributed by atoms with Gasteiger partial charge in [0.05, 0.1) is 24.8 Å². The number of carbonyl (C=O) groups excluding carboxylic acids is 2. The highest BCUT2D eigenvalue weighted by Gasteiger charge is 2.30. The fraction of sp³-hybridized carbons (Fsp3) is 0.312. The number of nitrogens with zero attached hydrogens (tertiary/aromatic N) is 2. The molecular weight excluding hydrogens is 348 g/mol. The minimum Gasteiger partial charge on any atom is -0.468 e. The van der Waals surface area contributed by atoms with Crippen LogP contribution in [-0.2, 0) is 35.5 Å². The number of benzene rings is 1. The number of hydrogen-bond donors (Lipinski definition) is 0. The summed E-state index contributed by atoms with van der Waals surface area (Å²) in [6.45, 7) is 1.85. The highest BCUT2D eigenvalue weighted by molar-refractivity contribution is 7.90. The van der Waals surface area contributed by atoms with Crippen LogP contribution in [0.1, 0.15) is 11.3 Å². The van der Waals surface area contributed by atoms with Gasteiger partial charge in [0.1, 0.15) is 6.33 Å². The van der Waals surface area contributed by atoms with Gasteiger partial charge >= 0.3 is 11.9 Å². The molecule has 1 aromatic carbocycles. The van der Waals surface area contributed by atoms with E-state index < -0.39 is 27.9 Å². The molecule has 134 valence electrons. The highest BCUT2D eigenvalue weighted by Crippen LogP contribution is 2.17. The molecule has 1 aromatic heterocycles. The summed E-state index contributed by atoms with van der Waals surface area (Å²) in [5.74, 6) is -2.76. The Balaban J connectivity index is 2.28. The number of methoxy groups -OCH3 is 2. The van der Waals surface area contributed by atoms with Gasteiger partial charge in [-0.2, -0.15) is 0 Å². The van der Waals surface area contributed by atoms with Crippen molar-refractivity contribution in [1.82, 2.24) is 8.96 Å². The number of aromatic nitrogens is 2. The third-order valence-corrected chi connectivity index (χ3v) is 5.22. The van der Waals surface area contributed by atoms with Gasteiger partial charge in [-0.3, -0.25) is 9.59 Å². The van der Waals surface area contributed by atoms with Gasteiger partial charge in [-0.1, -0.05) is 17.7 Å². The SMILES string of the molecule is COC(=O)C(Cc1cn(S(=O)(=O)c2ccc(C)cc2)cn1)C(=O)OC. The Morgan fingerprint density at radius 3 is 2.20 bits per heavy atom. The predicted molar refractivity (Wildman–Crippen MR) is 87.2 cm³/mol. The van der Waals surface area contributed by atoms with E-state index in [4.69, 9.17) is 0 Å². The molecule has 25 heavy (non-hydrogen) atoms. The maximum absolute atomic E-state index is 12.6. The molecule has 0 aliphatic rings. The van der Waals surface area contributed by atoms with Crippen LogP contribution in [0, 0.1) is 12.8 Å². The lowest BCUT2D eigenvalue weighted by atomic mass is 10.0. The third-order valence-electron chi connectivity index (χ3n) is 3.59. The van der Waals surface area contributed by atoms with E-state index in [0.717, 1.165) is 30.1 Å². The summed E-state index contributed by atoms with van der Waals surface area (Å²) >= 11 is 0. The van der Waals surface area contributed by atoms with E-state index in [1.54, 1.807) is 12.1 Å². The zero-order valence-corrected chi connectivity index (χ0v) is 14.8. The molecule has 0 aliphatic heterocycles. The first-order valence-corrected chi connectivity index (χ1v) is 8.74. The van der Waals surface area contributed by atoms with Crippen LogP contribution in [-0.4, -0.2) is 43.5 Å². The largest absolute Gasteiger partial charge is 0.468 e. The van der Waals surface area contributed by atoms with Crippen LogP contribution >= 0.6 is 0 Å². The van der Waals surface area contributed by atoms with Crippen molar-refractivity contribution in [2.75, 3.05) is 14.2 Å². The van der Waals surface area contributed by atoms with Crippen molar-refractivity contribution in [3.8, 4) is 0 Å². The molecule has 0 fully saturated rings. The zero-order valence-electron chi connectivity index (χ0n) is 14.0. The zero-order chi connectivity index (χ0) is 18.6. The lowest BCUT2D eigenvalue weighted by Crippen LogP contribution is -2.28. The van der Waals surface area contributed by atoms with Crippen LogP contribution in [0.5, 0.6) is 0 Å². The Hall–Kier alpha value is -2.68. The molecule has 0 aliphatic carbocycles. The quantitative estimate of drug-likeness (QED) is 0.553. The second kappa shape index (κ2) is 7.47. The topological polar surface area (TPSA) is 105 Å². The molecular formula is C16H18N2O6S. The Morgan fingerprint density at radius 1 is 1.12 bits per heavy atom. The van der Waals surface area contributed by atoms with Crippen LogP contribution in [0.15, 0.2) is 41.7 Å². The summed E-state index contributed by atoms with van der Waals surface area (Å²) in [4.78, 5) is 27.5. The first-order valence-electron chi connectivity index (χ1n) is 7.30. The van der Waals surface area contributed by atoms with Crippen LogP contribution in [0.4, 0.5) is 0 Å². The molecule has 0 spiro atoms. The van der Waals surface area contributed by atoms with Gasteiger partial charge in [-0.05, 0) is 19.1 Å². The Labute approximate surface area is 145 Å². The molecule has 0 N–H and O–H groups in total. The normalized spacial score (nSPS) is 11.4. The molecule has 2 rings (SSSR count). The number of hydrogen-bond acceptors (Lipinski definition) is 7. The Bertz CT molecular complexity index is 854. The van der Waals surface area contributed by atoms with Gasteiger partial charge in [0.15, 0.2) is 5.92 Å². The van der Waals surface area contributed by atoms with E-state index in [1.165, 1.54) is 18.3 Å². The van der Waals surface area contributed by atoms with E-state index in [9.17, 15) is 18.0 Å². The minimum absolute atomic E-state index is 0.111. The summed E-state index contributed by atoms with van der Waals surface area (Å²) in [6.07, 6.45) is 2.25. The molecule has 0 bridgehead atoms. The summed E-state index contributed by atoms with van der Waals surface area (Å²) in [5, 5.41) is 0. The van der Waals surface area contributed by atoms with Crippen molar-refractivity contribution in [3.05, 3.63) is 48.0 Å². The smallest absolute Gasteiger partial charge is 0.320 e. The molecule has 0 radical (unpaired) electrons. The third kappa shape index (κ3) is 4.05. The van der Waals surface area contributed by atoms with Gasteiger partial charge in [-0.15, -0.1) is 0 Å². The second-order valence-electron chi connectivity index (χ2n) is 5.32. The standard InChI is InChI=1S/C16H18N2O6S/c1-11-4-6-13(7-5-11)25(21,22)18-9-12(17-10-18)8-14(15(19)23-2)16(20)24-3/h4-7,9-10,14H,8H2,1-3H3. The van der Waals surface area contributed by atoms with Gasteiger partial charge in [0.25, 0.3) is 10.0 Å². The molecule has 8 nitrogen and oxygen atoms in total. The predicted octanol–water partition coefficient (Wildman–Crippen LogP) is 0.933. The monoisotopic (exact) mass is 366 g/mol. The van der Waals surface area contributed by atoms with Crippen LogP contribution in [0.2, 0.25) is 0 Å². The second-order valence-corrected chi connectivity index (χ2v) is 7.16. The molecule has 1 heterocycles. The van der Waals surface area contributed by atoms with E-state index in [0.29, 0.717) is 0 Å². The van der Waals surface area contributed by atoms with Crippen LogP contribution in [0.3, 0.4) is 0 Å². The van der Waals surface area contributed by atoms with E-state index in [1.807, 2.05) is 6.92 Å². The number of esters is 2. The first kappa shape index (κ1) is 18.7. The molecule has 0 unspecified atom stereocenters. The first-order chi connectivity index (χ1) is 11.8. The van der Waals surface area contributed by atoms with Gasteiger partial charge in [-0.25, -0.2) is 17.4 Å². The maximum Gasteiger partial charge on any atom is 0.320 e. The fourth-order valence-electron chi connectivity index (χ4n) is 2.17. The summed E-state index contributed by atoms with van der Waals surface area (Å²) < 4.78 is 35.2. The molecule has 0 amide bonds. The van der Waals surface area contributed by atoms with Crippen molar-refractivity contribution < 1.29 is 27.5 Å². The fourth-order valence-corrected chi connectivity index (χ4v) is 3.33. The van der Waals surface area contributed by atoms with Crippen LogP contribution < -0.4 is 0 Å². The van der Waals surface area contributed by atoms with Crippen molar-refractivity contribution in [3.63, 3.8) is 0 Å². The Morgan fingerprint density at radius 2 is 1.68 bits per heavy atom. The van der Waals surface area contributed by atoms with Crippen molar-refractivity contribution >= 4 is 22.0 Å². The van der Waals surface area contributed by atoms with Gasteiger partial charge in [0.2, 0.25) is 0 Å². The van der Waals surface area contributed by atoms with Crippen molar-refractivity contribution in [2.45, 2.75) is 18.2 Å². The molecule has 0 atom stereocenters. The van der Waals surface area contributed by atoms with E-state index >= 15 is 0 Å². The van der Waals surface area contributed by atoms with Gasteiger partial charge < -0.3 is 9.47 Å². The minimum atomic E-state index is -3.80. The lowest BCUT2D eigenvalue weighted by Gasteiger charge is -2.10. The molecule has 9 heteroatoms. The average Bonchev–Trinajstić information content (AvgIpc) is 3.08. The van der Waals surface area contributed by atoms with Crippen molar-refractivity contribution in [1.29, 1.82) is 0 Å². The number of imidazole rings is 1. The van der Waals surface area contributed by atoms with Crippen molar-refractivity contribution in [2.24, 2.45) is 5.92 Å². The summed E-state index contributed by atoms with van der Waals surface area (Å²) in [6, 6.07) is 6.37. The number of aryl methyl sites for hydroxylation is 1. The molecule has 2 aromatic rings. The van der Waals surface area contributed by atoms with Crippen LogP contribution in [0.25, 0.3) is 0 Å². The van der Waals surface area contributed by atoms with E-state index in [2.05, 4.69) is 14.5 Å². The Kier molecular flexibility index (Phi) is 5.58. The lowest BCUT2D eigenvalue weighted by molar-refractivity contribution is -0.158. The summed E-state index contributed by atoms with van der Waals surface area (Å²) in [5.41, 5.74) is 1.18. The number of rotatable bonds is 6. The maximum atomic E-state index is 12.6. The average molecular weight is 366 g/mol. The van der Waals surface area contributed by atoms with E-state index in [-0.39, 0.29) is 17.0 Å². The number of ether oxygens (including phenoxy) is 2. The summed E-state index contributed by atoms with van der Waals surface area (Å²) in [7, 11) is -1.50.